The molecule has 1 aliphatic heterocycles. The molecule has 2 rings (SSSR count). The van der Waals surface area contributed by atoms with Crippen LogP contribution in [0.3, 0.4) is 0 Å². The number of ether oxygens (including phenoxy) is 4. The van der Waals surface area contributed by atoms with Crippen molar-refractivity contribution in [3.05, 3.63) is 11.9 Å². The molecule has 1 aliphatic rings. The molecule has 0 aromatic carbocycles. The Kier molecular flexibility index (Phi) is 9.16. The molecule has 0 N–H and O–H groups in total. The third-order valence-corrected chi connectivity index (χ3v) is 4.08. The number of nitrogens with zero attached hydrogens (tertiary/aromatic N) is 4. The number of hydrogen-bond donors (Lipinski definition) is 0. The zero-order valence-electron chi connectivity index (χ0n) is 16.0. The molecule has 1 fully saturated rings. The topological polar surface area (TPSA) is 105 Å². The molecule has 0 bridgehead atoms. The minimum atomic E-state index is -0.307. The van der Waals surface area contributed by atoms with Crippen molar-refractivity contribution in [2.75, 3.05) is 46.6 Å². The molecule has 1 saturated heterocycles. The maximum atomic E-state index is 11.9. The molecule has 27 heavy (non-hydrogen) atoms. The van der Waals surface area contributed by atoms with E-state index in [1.165, 1.54) is 11.6 Å². The van der Waals surface area contributed by atoms with Crippen molar-refractivity contribution in [2.45, 2.75) is 39.0 Å². The highest BCUT2D eigenvalue weighted by Crippen LogP contribution is 2.13. The van der Waals surface area contributed by atoms with Crippen LogP contribution in [0.25, 0.3) is 0 Å². The summed E-state index contributed by atoms with van der Waals surface area (Å²) >= 11 is 0. The molecule has 0 radical (unpaired) electrons. The summed E-state index contributed by atoms with van der Waals surface area (Å²) in [6.07, 6.45) is 3.27. The maximum absolute atomic E-state index is 11.9. The molecule has 2 heterocycles. The first kappa shape index (κ1) is 21.3. The summed E-state index contributed by atoms with van der Waals surface area (Å²) in [5, 5.41) is 7.75. The summed E-state index contributed by atoms with van der Waals surface area (Å²) in [5.74, 6) is 0.0147. The van der Waals surface area contributed by atoms with Gasteiger partial charge >= 0.3 is 6.09 Å². The number of hydrogen-bond acceptors (Lipinski definition) is 8. The maximum Gasteiger partial charge on any atom is 0.409 e. The van der Waals surface area contributed by atoms with Crippen molar-refractivity contribution < 1.29 is 28.5 Å². The van der Waals surface area contributed by atoms with Gasteiger partial charge in [0.15, 0.2) is 5.78 Å². The molecule has 1 amide bonds. The quantitative estimate of drug-likeness (QED) is 0.512. The number of methoxy groups -OCH3 is 1. The highest BCUT2D eigenvalue weighted by atomic mass is 16.6. The van der Waals surface area contributed by atoms with Gasteiger partial charge in [0.1, 0.15) is 18.8 Å². The molecule has 0 unspecified atom stereocenters. The van der Waals surface area contributed by atoms with E-state index >= 15 is 0 Å². The molecule has 0 atom stereocenters. The van der Waals surface area contributed by atoms with Gasteiger partial charge in [-0.3, -0.25) is 4.79 Å². The van der Waals surface area contributed by atoms with Gasteiger partial charge in [-0.05, 0) is 19.8 Å². The van der Waals surface area contributed by atoms with E-state index in [4.69, 9.17) is 18.9 Å². The Morgan fingerprint density at radius 3 is 2.56 bits per heavy atom. The second-order valence-corrected chi connectivity index (χ2v) is 6.31. The van der Waals surface area contributed by atoms with Crippen LogP contribution in [-0.4, -0.2) is 84.5 Å². The lowest BCUT2D eigenvalue weighted by Gasteiger charge is -2.30. The highest BCUT2D eigenvalue weighted by Gasteiger charge is 2.23. The predicted molar refractivity (Wildman–Crippen MR) is 94.1 cm³/mol. The van der Waals surface area contributed by atoms with Gasteiger partial charge in [-0.25, -0.2) is 9.48 Å². The summed E-state index contributed by atoms with van der Waals surface area (Å²) in [4.78, 5) is 24.6. The molecule has 10 heteroatoms. The molecule has 1 aromatic rings. The van der Waals surface area contributed by atoms with Crippen molar-refractivity contribution in [3.8, 4) is 0 Å². The number of carbonyl (C=O) groups is 2. The summed E-state index contributed by atoms with van der Waals surface area (Å²) in [6, 6.07) is 0. The van der Waals surface area contributed by atoms with Crippen molar-refractivity contribution in [2.24, 2.45) is 0 Å². The van der Waals surface area contributed by atoms with Gasteiger partial charge in [-0.2, -0.15) is 0 Å². The van der Waals surface area contributed by atoms with Crippen LogP contribution in [0.4, 0.5) is 4.79 Å². The van der Waals surface area contributed by atoms with Crippen LogP contribution in [0.5, 0.6) is 0 Å². The third kappa shape index (κ3) is 8.02. The Labute approximate surface area is 158 Å². The van der Waals surface area contributed by atoms with Crippen molar-refractivity contribution in [3.63, 3.8) is 0 Å². The lowest BCUT2D eigenvalue weighted by Crippen LogP contribution is -2.41. The first-order valence-corrected chi connectivity index (χ1v) is 9.07. The Morgan fingerprint density at radius 1 is 1.15 bits per heavy atom. The van der Waals surface area contributed by atoms with Gasteiger partial charge in [-0.15, -0.1) is 5.10 Å². The Morgan fingerprint density at radius 2 is 1.85 bits per heavy atom. The third-order valence-electron chi connectivity index (χ3n) is 4.08. The number of aromatic nitrogens is 3. The summed E-state index contributed by atoms with van der Waals surface area (Å²) in [6.45, 7) is 4.62. The van der Waals surface area contributed by atoms with Gasteiger partial charge in [0.25, 0.3) is 0 Å². The first-order chi connectivity index (χ1) is 13.1. The number of likely N-dealkylation sites (tertiary alicyclic amines) is 1. The second kappa shape index (κ2) is 11.6. The molecule has 152 valence electrons. The largest absolute Gasteiger partial charge is 0.447 e. The molecule has 10 nitrogen and oxygen atoms in total. The second-order valence-electron chi connectivity index (χ2n) is 6.31. The Balaban J connectivity index is 1.45. The number of piperidine rings is 1. The van der Waals surface area contributed by atoms with Crippen LogP contribution in [0.15, 0.2) is 6.20 Å². The smallest absolute Gasteiger partial charge is 0.409 e. The molecule has 0 saturated carbocycles. The predicted octanol–water partition coefficient (Wildman–Crippen LogP) is 0.648. The van der Waals surface area contributed by atoms with E-state index in [2.05, 4.69) is 10.3 Å². The molecular weight excluding hydrogens is 356 g/mol. The number of amides is 1. The van der Waals surface area contributed by atoms with E-state index in [9.17, 15) is 9.59 Å². The van der Waals surface area contributed by atoms with E-state index < -0.39 is 0 Å². The lowest BCUT2D eigenvalue weighted by molar-refractivity contribution is -0.117. The highest BCUT2D eigenvalue weighted by molar-refractivity contribution is 5.75. The fraction of sp³-hybridized carbons (Fsp3) is 0.765. The van der Waals surface area contributed by atoms with Crippen LogP contribution in [0.2, 0.25) is 0 Å². The zero-order chi connectivity index (χ0) is 19.5. The van der Waals surface area contributed by atoms with E-state index in [0.29, 0.717) is 45.2 Å². The fourth-order valence-electron chi connectivity index (χ4n) is 2.66. The van der Waals surface area contributed by atoms with Gasteiger partial charge < -0.3 is 23.8 Å². The standard InChI is InChI=1S/C17H28N4O6/c1-14(22)11-21-12-15(18-19-21)13-26-8-7-25-9-10-27-17(23)20-5-3-16(24-2)4-6-20/h12,16H,3-11,13H2,1-2H3. The number of ketones is 1. The monoisotopic (exact) mass is 384 g/mol. The minimum Gasteiger partial charge on any atom is -0.447 e. The van der Waals surface area contributed by atoms with Gasteiger partial charge in [0, 0.05) is 20.2 Å². The fourth-order valence-corrected chi connectivity index (χ4v) is 2.66. The summed E-state index contributed by atoms with van der Waals surface area (Å²) in [7, 11) is 1.69. The average molecular weight is 384 g/mol. The van der Waals surface area contributed by atoms with Crippen molar-refractivity contribution >= 4 is 11.9 Å². The zero-order valence-corrected chi connectivity index (χ0v) is 16.0. The van der Waals surface area contributed by atoms with Crippen molar-refractivity contribution in [1.29, 1.82) is 0 Å². The number of carbonyl (C=O) groups excluding carboxylic acids is 2. The average Bonchev–Trinajstić information content (AvgIpc) is 3.10. The van der Waals surface area contributed by atoms with E-state index in [1.807, 2.05) is 0 Å². The van der Waals surface area contributed by atoms with Gasteiger partial charge in [0.05, 0.1) is 38.7 Å². The van der Waals surface area contributed by atoms with Gasteiger partial charge in [-0.1, -0.05) is 5.21 Å². The van der Waals surface area contributed by atoms with Crippen LogP contribution < -0.4 is 0 Å². The minimum absolute atomic E-state index is 0.0147. The van der Waals surface area contributed by atoms with E-state index in [1.54, 1.807) is 18.2 Å². The van der Waals surface area contributed by atoms with Gasteiger partial charge in [0.2, 0.25) is 0 Å². The Hall–Kier alpha value is -2.04. The summed E-state index contributed by atoms with van der Waals surface area (Å²) in [5.41, 5.74) is 0.655. The number of rotatable bonds is 11. The molecular formula is C17H28N4O6. The molecule has 1 aromatic heterocycles. The Bertz CT molecular complexity index is 586. The van der Waals surface area contributed by atoms with E-state index in [-0.39, 0.29) is 31.1 Å². The van der Waals surface area contributed by atoms with Crippen molar-refractivity contribution in [1.82, 2.24) is 19.9 Å². The SMILES string of the molecule is COC1CCN(C(=O)OCCOCCOCc2cn(CC(C)=O)nn2)CC1. The van der Waals surface area contributed by atoms with Crippen LogP contribution in [0, 0.1) is 0 Å². The van der Waals surface area contributed by atoms with E-state index in [0.717, 1.165) is 12.8 Å². The molecule has 0 aliphatic carbocycles. The van der Waals surface area contributed by atoms with Crippen LogP contribution in [-0.2, 0) is 36.9 Å². The summed E-state index contributed by atoms with van der Waals surface area (Å²) < 4.78 is 22.7. The first-order valence-electron chi connectivity index (χ1n) is 9.07. The van der Waals surface area contributed by atoms with Crippen LogP contribution in [0.1, 0.15) is 25.5 Å². The lowest BCUT2D eigenvalue weighted by atomic mass is 10.1. The normalized spacial score (nSPS) is 15.1. The molecule has 0 spiro atoms. The number of Topliss-reactive ketones (excluding diaryl/α,β-unsaturated/α-hetero) is 1. The van der Waals surface area contributed by atoms with Crippen LogP contribution >= 0.6 is 0 Å².